The Bertz CT molecular complexity index is 350. The van der Waals surface area contributed by atoms with Gasteiger partial charge < -0.3 is 4.74 Å². The average Bonchev–Trinajstić information content (AvgIpc) is 2.77. The molecule has 82 valence electrons. The Hall–Kier alpha value is -0.870. The minimum absolute atomic E-state index is 0.00639. The van der Waals surface area contributed by atoms with Gasteiger partial charge in [-0.1, -0.05) is 11.6 Å². The Labute approximate surface area is 93.2 Å². The number of aromatic nitrogens is 2. The molecule has 1 aliphatic heterocycles. The quantitative estimate of drug-likeness (QED) is 0.742. The van der Waals surface area contributed by atoms with Gasteiger partial charge in [0.25, 0.3) is 0 Å². The second-order valence-electron chi connectivity index (χ2n) is 3.73. The number of carbonyl (C=O) groups is 1. The van der Waals surface area contributed by atoms with Crippen molar-refractivity contribution in [1.82, 2.24) is 9.78 Å². The molecule has 0 saturated carbocycles. The van der Waals surface area contributed by atoms with Crippen molar-refractivity contribution >= 4 is 17.4 Å². The third kappa shape index (κ3) is 2.21. The largest absolute Gasteiger partial charge is 0.378 e. The predicted molar refractivity (Wildman–Crippen MR) is 56.1 cm³/mol. The summed E-state index contributed by atoms with van der Waals surface area (Å²) >= 11 is 5.88. The number of hydrogen-bond acceptors (Lipinski definition) is 3. The van der Waals surface area contributed by atoms with Crippen molar-refractivity contribution in [3.05, 3.63) is 16.9 Å². The number of hydrogen-bond donors (Lipinski definition) is 0. The lowest BCUT2D eigenvalue weighted by Gasteiger charge is -2.08. The molecule has 1 unspecified atom stereocenters. The first-order valence-electron chi connectivity index (χ1n) is 5.01. The predicted octanol–water partition coefficient (Wildman–Crippen LogP) is 1.83. The highest BCUT2D eigenvalue weighted by atomic mass is 35.5. The summed E-state index contributed by atoms with van der Waals surface area (Å²) in [5.41, 5.74) is 0.479. The van der Waals surface area contributed by atoms with Crippen LogP contribution in [0, 0.1) is 0 Å². The normalized spacial score (nSPS) is 20.8. The molecule has 15 heavy (non-hydrogen) atoms. The van der Waals surface area contributed by atoms with Gasteiger partial charge in [-0.05, 0) is 12.8 Å². The van der Waals surface area contributed by atoms with E-state index in [9.17, 15) is 4.79 Å². The van der Waals surface area contributed by atoms with Crippen molar-refractivity contribution in [3.63, 3.8) is 0 Å². The molecule has 4 nitrogen and oxygen atoms in total. The average molecular weight is 229 g/mol. The van der Waals surface area contributed by atoms with E-state index in [1.165, 1.54) is 10.9 Å². The molecule has 1 aromatic heterocycles. The molecule has 0 radical (unpaired) electrons. The zero-order chi connectivity index (χ0) is 10.8. The van der Waals surface area contributed by atoms with Crippen LogP contribution in [-0.2, 0) is 11.8 Å². The summed E-state index contributed by atoms with van der Waals surface area (Å²) in [6, 6.07) is 0. The highest BCUT2D eigenvalue weighted by Crippen LogP contribution is 2.21. The van der Waals surface area contributed by atoms with Crippen LogP contribution in [0.4, 0.5) is 0 Å². The van der Waals surface area contributed by atoms with Crippen LogP contribution in [0.5, 0.6) is 0 Å². The fourth-order valence-electron chi connectivity index (χ4n) is 1.83. The van der Waals surface area contributed by atoms with Crippen molar-refractivity contribution in [3.8, 4) is 0 Å². The minimum Gasteiger partial charge on any atom is -0.378 e. The third-order valence-electron chi connectivity index (χ3n) is 2.60. The van der Waals surface area contributed by atoms with Crippen LogP contribution in [-0.4, -0.2) is 28.3 Å². The van der Waals surface area contributed by atoms with Crippen molar-refractivity contribution in [1.29, 1.82) is 0 Å². The summed E-state index contributed by atoms with van der Waals surface area (Å²) in [6.45, 7) is 0.761. The smallest absolute Gasteiger partial charge is 0.184 e. The van der Waals surface area contributed by atoms with E-state index in [1.54, 1.807) is 7.05 Å². The molecule has 0 amide bonds. The molecular weight excluding hydrogens is 216 g/mol. The van der Waals surface area contributed by atoms with Gasteiger partial charge in [0.1, 0.15) is 5.69 Å². The Morgan fingerprint density at radius 2 is 2.60 bits per heavy atom. The molecule has 2 rings (SSSR count). The van der Waals surface area contributed by atoms with E-state index in [-0.39, 0.29) is 11.9 Å². The monoisotopic (exact) mass is 228 g/mol. The van der Waals surface area contributed by atoms with Gasteiger partial charge in [-0.15, -0.1) is 0 Å². The number of carbonyl (C=O) groups excluding carboxylic acids is 1. The van der Waals surface area contributed by atoms with E-state index in [1.807, 2.05) is 0 Å². The van der Waals surface area contributed by atoms with Crippen LogP contribution in [0.1, 0.15) is 29.8 Å². The van der Waals surface area contributed by atoms with Crippen molar-refractivity contribution in [2.45, 2.75) is 25.4 Å². The van der Waals surface area contributed by atoms with Gasteiger partial charge in [-0.25, -0.2) is 0 Å². The Morgan fingerprint density at radius 1 is 1.80 bits per heavy atom. The summed E-state index contributed by atoms with van der Waals surface area (Å²) in [7, 11) is 1.72. The third-order valence-corrected chi connectivity index (χ3v) is 2.87. The standard InChI is InChI=1S/C10H13ClN2O2/c1-13-10(8(11)6-12-13)9(14)5-7-3-2-4-15-7/h6-7H,2-5H2,1H3. The summed E-state index contributed by atoms with van der Waals surface area (Å²) < 4.78 is 6.92. The number of ether oxygens (including phenoxy) is 1. The van der Waals surface area contributed by atoms with Gasteiger partial charge in [0.2, 0.25) is 0 Å². The number of aryl methyl sites for hydroxylation is 1. The molecule has 1 saturated heterocycles. The maximum absolute atomic E-state index is 11.9. The molecule has 0 spiro atoms. The lowest BCUT2D eigenvalue weighted by molar-refractivity contribution is 0.0768. The van der Waals surface area contributed by atoms with Crippen LogP contribution in [0.25, 0.3) is 0 Å². The summed E-state index contributed by atoms with van der Waals surface area (Å²) in [5.74, 6) is 0.00639. The van der Waals surface area contributed by atoms with Crippen LogP contribution in [0.15, 0.2) is 6.20 Å². The van der Waals surface area contributed by atoms with Gasteiger partial charge in [-0.3, -0.25) is 9.48 Å². The molecule has 1 atom stereocenters. The minimum atomic E-state index is 0.00639. The Morgan fingerprint density at radius 3 is 3.13 bits per heavy atom. The second-order valence-corrected chi connectivity index (χ2v) is 4.13. The molecule has 1 aromatic rings. The highest BCUT2D eigenvalue weighted by Gasteiger charge is 2.23. The first kappa shape index (κ1) is 10.6. The van der Waals surface area contributed by atoms with Gasteiger partial charge in [0.15, 0.2) is 5.78 Å². The van der Waals surface area contributed by atoms with Gasteiger partial charge in [0, 0.05) is 20.1 Å². The summed E-state index contributed by atoms with van der Waals surface area (Å²) in [6.07, 6.45) is 3.95. The van der Waals surface area contributed by atoms with E-state index in [2.05, 4.69) is 5.10 Å². The van der Waals surface area contributed by atoms with Crippen molar-refractivity contribution < 1.29 is 9.53 Å². The molecule has 0 N–H and O–H groups in total. The number of nitrogens with zero attached hydrogens (tertiary/aromatic N) is 2. The first-order valence-corrected chi connectivity index (χ1v) is 5.38. The summed E-state index contributed by atoms with van der Waals surface area (Å²) in [4.78, 5) is 11.9. The number of Topliss-reactive ketones (excluding diaryl/α,β-unsaturated/α-hetero) is 1. The van der Waals surface area contributed by atoms with Crippen LogP contribution in [0.3, 0.4) is 0 Å². The zero-order valence-electron chi connectivity index (χ0n) is 8.57. The Kier molecular flexibility index (Phi) is 3.07. The molecular formula is C10H13ClN2O2. The summed E-state index contributed by atoms with van der Waals surface area (Å²) in [5, 5.41) is 4.35. The molecule has 0 aliphatic carbocycles. The van der Waals surface area contributed by atoms with E-state index in [4.69, 9.17) is 16.3 Å². The number of rotatable bonds is 3. The fraction of sp³-hybridized carbons (Fsp3) is 0.600. The lowest BCUT2D eigenvalue weighted by Crippen LogP contribution is -2.15. The maximum atomic E-state index is 11.9. The lowest BCUT2D eigenvalue weighted by atomic mass is 10.1. The highest BCUT2D eigenvalue weighted by molar-refractivity contribution is 6.33. The molecule has 0 aromatic carbocycles. The molecule has 5 heteroatoms. The van der Waals surface area contributed by atoms with Crippen LogP contribution in [0.2, 0.25) is 5.02 Å². The van der Waals surface area contributed by atoms with Crippen molar-refractivity contribution in [2.75, 3.05) is 6.61 Å². The van der Waals surface area contributed by atoms with Crippen LogP contribution < -0.4 is 0 Å². The molecule has 1 aliphatic rings. The Balaban J connectivity index is 2.07. The van der Waals surface area contributed by atoms with E-state index in [0.29, 0.717) is 17.1 Å². The zero-order valence-corrected chi connectivity index (χ0v) is 9.33. The second kappa shape index (κ2) is 4.33. The SMILES string of the molecule is Cn1ncc(Cl)c1C(=O)CC1CCCO1. The van der Waals surface area contributed by atoms with E-state index < -0.39 is 0 Å². The first-order chi connectivity index (χ1) is 7.18. The van der Waals surface area contributed by atoms with Crippen LogP contribution >= 0.6 is 11.6 Å². The number of halogens is 1. The number of ketones is 1. The van der Waals surface area contributed by atoms with Gasteiger partial charge in [-0.2, -0.15) is 5.10 Å². The van der Waals surface area contributed by atoms with E-state index >= 15 is 0 Å². The van der Waals surface area contributed by atoms with Gasteiger partial charge in [0.05, 0.1) is 17.3 Å². The van der Waals surface area contributed by atoms with E-state index in [0.717, 1.165) is 19.4 Å². The van der Waals surface area contributed by atoms with Gasteiger partial charge >= 0.3 is 0 Å². The fourth-order valence-corrected chi connectivity index (χ4v) is 2.10. The van der Waals surface area contributed by atoms with Crippen molar-refractivity contribution in [2.24, 2.45) is 7.05 Å². The topological polar surface area (TPSA) is 44.1 Å². The molecule has 0 bridgehead atoms. The molecule has 1 fully saturated rings. The maximum Gasteiger partial charge on any atom is 0.184 e. The molecule has 2 heterocycles.